The summed E-state index contributed by atoms with van der Waals surface area (Å²) in [7, 11) is -3.63. The van der Waals surface area contributed by atoms with Crippen LogP contribution in [0.1, 0.15) is 5.56 Å². The maximum Gasteiger partial charge on any atom is 0.243 e. The lowest BCUT2D eigenvalue weighted by atomic mass is 10.2. The van der Waals surface area contributed by atoms with Crippen LogP contribution in [0, 0.1) is 0 Å². The highest BCUT2D eigenvalue weighted by Gasteiger charge is 2.37. The lowest BCUT2D eigenvalue weighted by Gasteiger charge is -2.15. The molecule has 1 heterocycles. The molecule has 2 rings (SSSR count). The van der Waals surface area contributed by atoms with Crippen LogP contribution in [-0.4, -0.2) is 48.2 Å². The molecule has 18 heavy (non-hydrogen) atoms. The van der Waals surface area contributed by atoms with E-state index in [1.165, 1.54) is 12.1 Å². The minimum absolute atomic E-state index is 0.0658. The fourth-order valence-corrected chi connectivity index (χ4v) is 3.68. The van der Waals surface area contributed by atoms with Gasteiger partial charge in [-0.15, -0.1) is 0 Å². The van der Waals surface area contributed by atoms with Gasteiger partial charge in [-0.1, -0.05) is 28.1 Å². The van der Waals surface area contributed by atoms with Crippen molar-refractivity contribution in [3.05, 3.63) is 29.8 Å². The third-order valence-corrected chi connectivity index (χ3v) is 5.43. The number of halogens is 1. The van der Waals surface area contributed by atoms with Gasteiger partial charge < -0.3 is 10.2 Å². The predicted octanol–water partition coefficient (Wildman–Crippen LogP) is 0.308. The molecule has 1 fully saturated rings. The van der Waals surface area contributed by atoms with Gasteiger partial charge >= 0.3 is 0 Å². The standard InChI is InChI=1S/C11H14BrNO4S/c12-5-8-1-3-9(4-2-8)18(16,17)13-6-10(14)11(15)7-13/h1-4,10-11,14-15H,5-7H2. The molecular weight excluding hydrogens is 322 g/mol. The average molecular weight is 336 g/mol. The van der Waals surface area contributed by atoms with E-state index >= 15 is 0 Å². The number of rotatable bonds is 3. The lowest BCUT2D eigenvalue weighted by molar-refractivity contribution is 0.0572. The molecule has 0 saturated carbocycles. The van der Waals surface area contributed by atoms with Crippen LogP contribution in [0.15, 0.2) is 29.2 Å². The molecule has 0 bridgehead atoms. The molecule has 2 atom stereocenters. The molecule has 1 aromatic carbocycles. The summed E-state index contributed by atoms with van der Waals surface area (Å²) in [6, 6.07) is 6.52. The van der Waals surface area contributed by atoms with Crippen LogP contribution in [0.3, 0.4) is 0 Å². The first kappa shape index (κ1) is 14.0. The number of β-amino-alcohol motifs (C(OH)–C–C–N with tert-alkyl or cyclic N) is 2. The number of hydrogen-bond donors (Lipinski definition) is 2. The van der Waals surface area contributed by atoms with Crippen LogP contribution in [0.25, 0.3) is 0 Å². The molecule has 1 aliphatic heterocycles. The van der Waals surface area contributed by atoms with Crippen LogP contribution in [0.4, 0.5) is 0 Å². The van der Waals surface area contributed by atoms with E-state index in [1.54, 1.807) is 12.1 Å². The summed E-state index contributed by atoms with van der Waals surface area (Å²) in [6.45, 7) is -0.132. The zero-order valence-corrected chi connectivity index (χ0v) is 11.9. The number of aliphatic hydroxyl groups excluding tert-OH is 2. The summed E-state index contributed by atoms with van der Waals surface area (Å²) in [5.41, 5.74) is 0.982. The monoisotopic (exact) mass is 335 g/mol. The highest BCUT2D eigenvalue weighted by molar-refractivity contribution is 9.08. The van der Waals surface area contributed by atoms with E-state index in [0.717, 1.165) is 9.87 Å². The van der Waals surface area contributed by atoms with Crippen LogP contribution < -0.4 is 0 Å². The molecule has 0 amide bonds. The first-order valence-electron chi connectivity index (χ1n) is 5.46. The van der Waals surface area contributed by atoms with Gasteiger partial charge in [-0.25, -0.2) is 8.42 Å². The Morgan fingerprint density at radius 1 is 1.17 bits per heavy atom. The van der Waals surface area contributed by atoms with Crippen molar-refractivity contribution in [2.75, 3.05) is 13.1 Å². The normalized spacial score (nSPS) is 25.5. The summed E-state index contributed by atoms with van der Waals surface area (Å²) in [4.78, 5) is 0.175. The molecular formula is C11H14BrNO4S. The number of benzene rings is 1. The Bertz CT molecular complexity index is 506. The second-order valence-electron chi connectivity index (χ2n) is 4.23. The highest BCUT2D eigenvalue weighted by atomic mass is 79.9. The smallest absolute Gasteiger partial charge is 0.243 e. The fraction of sp³-hybridized carbons (Fsp3) is 0.455. The molecule has 0 radical (unpaired) electrons. The van der Waals surface area contributed by atoms with Crippen LogP contribution in [0.5, 0.6) is 0 Å². The Hall–Kier alpha value is -0.470. The summed E-state index contributed by atoms with van der Waals surface area (Å²) in [5.74, 6) is 0. The van der Waals surface area contributed by atoms with Crippen molar-refractivity contribution in [3.8, 4) is 0 Å². The molecule has 1 aliphatic rings. The van der Waals surface area contributed by atoms with Crippen LogP contribution >= 0.6 is 15.9 Å². The van der Waals surface area contributed by atoms with Crippen LogP contribution in [0.2, 0.25) is 0 Å². The second kappa shape index (κ2) is 5.26. The Morgan fingerprint density at radius 2 is 1.67 bits per heavy atom. The summed E-state index contributed by atoms with van der Waals surface area (Å²) in [6.07, 6.45) is -2.02. The average Bonchev–Trinajstić information content (AvgIpc) is 2.70. The quantitative estimate of drug-likeness (QED) is 0.779. The summed E-state index contributed by atoms with van der Waals surface area (Å²) in [5, 5.41) is 19.5. The van der Waals surface area contributed by atoms with E-state index in [2.05, 4.69) is 15.9 Å². The SMILES string of the molecule is O=S(=O)(c1ccc(CBr)cc1)N1CC(O)C(O)C1. The van der Waals surface area contributed by atoms with Crippen molar-refractivity contribution in [3.63, 3.8) is 0 Å². The Labute approximate surface area is 114 Å². The molecule has 1 aromatic rings. The fourth-order valence-electron chi connectivity index (χ4n) is 1.83. The van der Waals surface area contributed by atoms with Gasteiger partial charge in [0.25, 0.3) is 0 Å². The van der Waals surface area contributed by atoms with Crippen molar-refractivity contribution in [2.24, 2.45) is 0 Å². The largest absolute Gasteiger partial charge is 0.389 e. The Balaban J connectivity index is 2.25. The summed E-state index contributed by atoms with van der Waals surface area (Å²) < 4.78 is 25.5. The third kappa shape index (κ3) is 2.60. The maximum absolute atomic E-state index is 12.2. The Morgan fingerprint density at radius 3 is 2.11 bits per heavy atom. The number of alkyl halides is 1. The summed E-state index contributed by atoms with van der Waals surface area (Å²) >= 11 is 3.29. The predicted molar refractivity (Wildman–Crippen MR) is 69.8 cm³/mol. The molecule has 2 N–H and O–H groups in total. The van der Waals surface area contributed by atoms with Gasteiger partial charge in [0.1, 0.15) is 0 Å². The van der Waals surface area contributed by atoms with Gasteiger partial charge in [-0.3, -0.25) is 0 Å². The lowest BCUT2D eigenvalue weighted by Crippen LogP contribution is -2.29. The zero-order chi connectivity index (χ0) is 13.3. The van der Waals surface area contributed by atoms with Crippen molar-refractivity contribution in [1.82, 2.24) is 4.31 Å². The van der Waals surface area contributed by atoms with Gasteiger partial charge in [-0.2, -0.15) is 4.31 Å². The molecule has 100 valence electrons. The molecule has 0 aliphatic carbocycles. The molecule has 5 nitrogen and oxygen atoms in total. The van der Waals surface area contributed by atoms with E-state index in [0.29, 0.717) is 5.33 Å². The van der Waals surface area contributed by atoms with Crippen molar-refractivity contribution in [2.45, 2.75) is 22.4 Å². The molecule has 0 aromatic heterocycles. The number of aliphatic hydroxyl groups is 2. The second-order valence-corrected chi connectivity index (χ2v) is 6.73. The maximum atomic E-state index is 12.2. The van der Waals surface area contributed by atoms with E-state index in [1.807, 2.05) is 0 Å². The van der Waals surface area contributed by atoms with E-state index in [9.17, 15) is 18.6 Å². The minimum atomic E-state index is -3.63. The number of sulfonamides is 1. The molecule has 7 heteroatoms. The Kier molecular flexibility index (Phi) is 4.08. The van der Waals surface area contributed by atoms with E-state index < -0.39 is 22.2 Å². The zero-order valence-electron chi connectivity index (χ0n) is 9.53. The molecule has 1 saturated heterocycles. The van der Waals surface area contributed by atoms with E-state index in [4.69, 9.17) is 0 Å². The topological polar surface area (TPSA) is 77.8 Å². The van der Waals surface area contributed by atoms with Gasteiger partial charge in [0.05, 0.1) is 17.1 Å². The molecule has 2 unspecified atom stereocenters. The number of hydrogen-bond acceptors (Lipinski definition) is 4. The van der Waals surface area contributed by atoms with Crippen molar-refractivity contribution in [1.29, 1.82) is 0 Å². The highest BCUT2D eigenvalue weighted by Crippen LogP contribution is 2.22. The van der Waals surface area contributed by atoms with Crippen LogP contribution in [-0.2, 0) is 15.4 Å². The minimum Gasteiger partial charge on any atom is -0.389 e. The van der Waals surface area contributed by atoms with Gasteiger partial charge in [0, 0.05) is 18.4 Å². The first-order valence-corrected chi connectivity index (χ1v) is 8.02. The number of nitrogens with zero attached hydrogens (tertiary/aromatic N) is 1. The van der Waals surface area contributed by atoms with Gasteiger partial charge in [-0.05, 0) is 17.7 Å². The van der Waals surface area contributed by atoms with Gasteiger partial charge in [0.15, 0.2) is 0 Å². The third-order valence-electron chi connectivity index (χ3n) is 2.94. The van der Waals surface area contributed by atoms with Crippen molar-refractivity contribution < 1.29 is 18.6 Å². The van der Waals surface area contributed by atoms with Crippen molar-refractivity contribution >= 4 is 26.0 Å². The van der Waals surface area contributed by atoms with E-state index in [-0.39, 0.29) is 18.0 Å². The van der Waals surface area contributed by atoms with Gasteiger partial charge in [0.2, 0.25) is 10.0 Å². The first-order chi connectivity index (χ1) is 8.45. The molecule has 0 spiro atoms.